The predicted molar refractivity (Wildman–Crippen MR) is 115 cm³/mol. The first kappa shape index (κ1) is 24.6. The number of carbonyl (C=O) groups is 2. The normalized spacial score (nSPS) is 9.57. The molecule has 0 bridgehead atoms. The minimum atomic E-state index is -1.82. The van der Waals surface area contributed by atoms with Gasteiger partial charge < -0.3 is 29.9 Å². The molecular weight excluding hydrogens is 410 g/mol. The van der Waals surface area contributed by atoms with Gasteiger partial charge in [0.25, 0.3) is 0 Å². The quantitative estimate of drug-likeness (QED) is 0.440. The summed E-state index contributed by atoms with van der Waals surface area (Å²) in [6.45, 7) is 4.17. The Hall–Kier alpha value is -3.40. The van der Waals surface area contributed by atoms with Crippen LogP contribution in [-0.4, -0.2) is 57.9 Å². The van der Waals surface area contributed by atoms with Crippen molar-refractivity contribution in [3.05, 3.63) is 53.9 Å². The molecule has 0 spiro atoms. The van der Waals surface area contributed by atoms with Crippen molar-refractivity contribution in [1.82, 2.24) is 15.2 Å². The van der Waals surface area contributed by atoms with Crippen molar-refractivity contribution in [2.24, 2.45) is 0 Å². The average Bonchev–Trinajstić information content (AvgIpc) is 2.74. The number of nitrogens with one attached hydrogen (secondary N) is 1. The number of pyridine rings is 1. The Balaban J connectivity index is 0.000000656. The molecule has 30 heavy (non-hydrogen) atoms. The number of hydrogen-bond donors (Lipinski definition) is 3. The maximum Gasteiger partial charge on any atom is 0.414 e. The van der Waals surface area contributed by atoms with Crippen LogP contribution >= 0.6 is 12.2 Å². The smallest absolute Gasteiger partial charge is 0.414 e. The molecule has 0 radical (unpaired) electrons. The number of carboxylic acid groups (broad SMARTS) is 2. The van der Waals surface area contributed by atoms with Crippen LogP contribution in [0.25, 0.3) is 0 Å². The minimum absolute atomic E-state index is 0.668. The van der Waals surface area contributed by atoms with E-state index in [-0.39, 0.29) is 0 Å². The van der Waals surface area contributed by atoms with Gasteiger partial charge in [0.1, 0.15) is 0 Å². The van der Waals surface area contributed by atoms with Gasteiger partial charge in [-0.1, -0.05) is 12.1 Å². The minimum Gasteiger partial charge on any atom is -0.493 e. The van der Waals surface area contributed by atoms with Gasteiger partial charge in [-0.2, -0.15) is 0 Å². The Morgan fingerprint density at radius 3 is 2.20 bits per heavy atom. The van der Waals surface area contributed by atoms with Crippen molar-refractivity contribution in [3.63, 3.8) is 0 Å². The molecule has 0 saturated heterocycles. The zero-order valence-corrected chi connectivity index (χ0v) is 17.8. The van der Waals surface area contributed by atoms with E-state index in [1.54, 1.807) is 20.4 Å². The summed E-state index contributed by atoms with van der Waals surface area (Å²) in [5.41, 5.74) is 2.20. The zero-order valence-electron chi connectivity index (χ0n) is 17.0. The average molecular weight is 436 g/mol. The largest absolute Gasteiger partial charge is 0.493 e. The van der Waals surface area contributed by atoms with Crippen molar-refractivity contribution in [1.29, 1.82) is 0 Å². The fourth-order valence-corrected chi connectivity index (χ4v) is 2.65. The molecule has 0 saturated carbocycles. The molecule has 2 rings (SSSR count). The second-order valence-electron chi connectivity index (χ2n) is 5.85. The van der Waals surface area contributed by atoms with E-state index < -0.39 is 11.9 Å². The van der Waals surface area contributed by atoms with Gasteiger partial charge in [0, 0.05) is 32.0 Å². The summed E-state index contributed by atoms with van der Waals surface area (Å²) in [7, 11) is 3.27. The zero-order chi connectivity index (χ0) is 22.5. The molecule has 2 aromatic rings. The second-order valence-corrected chi connectivity index (χ2v) is 6.24. The maximum atomic E-state index is 9.10. The first-order valence-corrected chi connectivity index (χ1v) is 9.31. The first-order valence-electron chi connectivity index (χ1n) is 8.91. The Kier molecular flexibility index (Phi) is 10.6. The van der Waals surface area contributed by atoms with Crippen LogP contribution in [0.2, 0.25) is 0 Å². The van der Waals surface area contributed by atoms with Crippen molar-refractivity contribution in [2.75, 3.05) is 20.8 Å². The fraction of sp³-hybridized carbons (Fsp3) is 0.300. The number of benzene rings is 1. The summed E-state index contributed by atoms with van der Waals surface area (Å²) in [6.07, 6.45) is 3.63. The number of carboxylic acids is 2. The van der Waals surface area contributed by atoms with E-state index in [1.807, 2.05) is 43.5 Å². The van der Waals surface area contributed by atoms with E-state index in [1.165, 1.54) is 0 Å². The third-order valence-electron chi connectivity index (χ3n) is 3.72. The standard InChI is InChI=1S/C18H23N3O2S.C2H2O4/c1-4-20-18(24)21(13-15-6-5-9-19-11-15)12-14-7-8-16(22-2)17(10-14)23-3;3-1(4)2(5)6/h5-11H,4,12-13H2,1-3H3,(H,20,24);(H,3,4)(H,5,6). The number of aliphatic carboxylic acids is 2. The molecule has 162 valence electrons. The number of rotatable bonds is 7. The SMILES string of the molecule is CCNC(=S)N(Cc1cccnc1)Cc1ccc(OC)c(OC)c1.O=C(O)C(=O)O. The second kappa shape index (κ2) is 12.9. The monoisotopic (exact) mass is 435 g/mol. The maximum absolute atomic E-state index is 9.10. The lowest BCUT2D eigenvalue weighted by Gasteiger charge is -2.26. The lowest BCUT2D eigenvalue weighted by molar-refractivity contribution is -0.159. The van der Waals surface area contributed by atoms with Crippen LogP contribution in [0.15, 0.2) is 42.7 Å². The van der Waals surface area contributed by atoms with Crippen LogP contribution in [0.1, 0.15) is 18.1 Å². The molecule has 0 amide bonds. The van der Waals surface area contributed by atoms with E-state index in [0.717, 1.165) is 22.8 Å². The van der Waals surface area contributed by atoms with Crippen LogP contribution in [0.3, 0.4) is 0 Å². The molecule has 0 aliphatic rings. The molecule has 1 aromatic carbocycles. The molecule has 3 N–H and O–H groups in total. The van der Waals surface area contributed by atoms with Crippen molar-refractivity contribution in [3.8, 4) is 11.5 Å². The Morgan fingerprint density at radius 1 is 1.07 bits per heavy atom. The highest BCUT2D eigenvalue weighted by atomic mass is 32.1. The van der Waals surface area contributed by atoms with E-state index in [0.29, 0.717) is 24.6 Å². The Morgan fingerprint density at radius 2 is 1.70 bits per heavy atom. The highest BCUT2D eigenvalue weighted by molar-refractivity contribution is 7.80. The van der Waals surface area contributed by atoms with Crippen molar-refractivity contribution in [2.45, 2.75) is 20.0 Å². The van der Waals surface area contributed by atoms with Crippen LogP contribution in [0.4, 0.5) is 0 Å². The number of methoxy groups -OCH3 is 2. The molecule has 0 aliphatic carbocycles. The molecule has 9 nitrogen and oxygen atoms in total. The molecular formula is C20H25N3O6S. The number of aromatic nitrogens is 1. The van der Waals surface area contributed by atoms with Gasteiger partial charge in [-0.3, -0.25) is 4.98 Å². The Bertz CT molecular complexity index is 836. The van der Waals surface area contributed by atoms with Crippen LogP contribution < -0.4 is 14.8 Å². The summed E-state index contributed by atoms with van der Waals surface area (Å²) in [5.74, 6) is -2.22. The molecule has 0 fully saturated rings. The molecule has 0 aliphatic heterocycles. The van der Waals surface area contributed by atoms with Crippen LogP contribution in [-0.2, 0) is 22.7 Å². The summed E-state index contributed by atoms with van der Waals surface area (Å²) < 4.78 is 10.7. The van der Waals surface area contributed by atoms with Gasteiger partial charge >= 0.3 is 11.9 Å². The van der Waals surface area contributed by atoms with Crippen LogP contribution in [0, 0.1) is 0 Å². The lowest BCUT2D eigenvalue weighted by Crippen LogP contribution is -2.38. The van der Waals surface area contributed by atoms with E-state index >= 15 is 0 Å². The molecule has 0 atom stereocenters. The van der Waals surface area contributed by atoms with Gasteiger partial charge in [-0.25, -0.2) is 9.59 Å². The highest BCUT2D eigenvalue weighted by Crippen LogP contribution is 2.28. The first-order chi connectivity index (χ1) is 14.3. The van der Waals surface area contributed by atoms with Crippen LogP contribution in [0.5, 0.6) is 11.5 Å². The fourth-order valence-electron chi connectivity index (χ4n) is 2.37. The van der Waals surface area contributed by atoms with E-state index in [2.05, 4.69) is 15.2 Å². The molecule has 10 heteroatoms. The van der Waals surface area contributed by atoms with Crippen molar-refractivity contribution >= 4 is 29.3 Å². The topological polar surface area (TPSA) is 121 Å². The van der Waals surface area contributed by atoms with Gasteiger partial charge in [0.15, 0.2) is 16.6 Å². The number of ether oxygens (including phenoxy) is 2. The summed E-state index contributed by atoms with van der Waals surface area (Å²) >= 11 is 5.52. The summed E-state index contributed by atoms with van der Waals surface area (Å²) in [5, 5.41) is 18.7. The van der Waals surface area contributed by atoms with Gasteiger partial charge in [-0.05, 0) is 48.5 Å². The Labute approximate surface area is 180 Å². The van der Waals surface area contributed by atoms with Gasteiger partial charge in [0.05, 0.1) is 14.2 Å². The summed E-state index contributed by atoms with van der Waals surface area (Å²) in [4.78, 5) is 24.5. The highest BCUT2D eigenvalue weighted by Gasteiger charge is 2.13. The number of nitrogens with zero attached hydrogens (tertiary/aromatic N) is 2. The lowest BCUT2D eigenvalue weighted by atomic mass is 10.1. The third-order valence-corrected chi connectivity index (χ3v) is 4.12. The molecule has 0 unspecified atom stereocenters. The third kappa shape index (κ3) is 8.31. The summed E-state index contributed by atoms with van der Waals surface area (Å²) in [6, 6.07) is 9.88. The van der Waals surface area contributed by atoms with Gasteiger partial charge in [-0.15, -0.1) is 0 Å². The number of hydrogen-bond acceptors (Lipinski definition) is 6. The van der Waals surface area contributed by atoms with E-state index in [9.17, 15) is 0 Å². The van der Waals surface area contributed by atoms with Gasteiger partial charge in [0.2, 0.25) is 0 Å². The number of thiocarbonyl (C=S) groups is 1. The van der Waals surface area contributed by atoms with E-state index in [4.69, 9.17) is 41.5 Å². The molecule has 1 heterocycles. The predicted octanol–water partition coefficient (Wildman–Crippen LogP) is 2.15. The van der Waals surface area contributed by atoms with Crippen molar-refractivity contribution < 1.29 is 29.3 Å². The molecule has 1 aromatic heterocycles.